The Labute approximate surface area is 158 Å². The Kier molecular flexibility index (Phi) is 7.53. The predicted molar refractivity (Wildman–Crippen MR) is 108 cm³/mol. The summed E-state index contributed by atoms with van der Waals surface area (Å²) < 4.78 is 5.48. The number of para-hydroxylation sites is 2. The van der Waals surface area contributed by atoms with Crippen molar-refractivity contribution in [1.29, 1.82) is 0 Å². The molecule has 0 aliphatic heterocycles. The SMILES string of the molecule is CCOc1ccccc1NC(=O)CSCC(=O)Nc1ccc(C)cc1C. The van der Waals surface area contributed by atoms with Crippen LogP contribution in [-0.4, -0.2) is 29.9 Å². The van der Waals surface area contributed by atoms with Crippen molar-refractivity contribution >= 4 is 35.0 Å². The molecule has 0 bridgehead atoms. The Morgan fingerprint density at radius 1 is 0.962 bits per heavy atom. The largest absolute Gasteiger partial charge is 0.492 e. The molecule has 0 aliphatic carbocycles. The molecule has 0 radical (unpaired) electrons. The molecule has 2 N–H and O–H groups in total. The minimum atomic E-state index is -0.165. The minimum Gasteiger partial charge on any atom is -0.492 e. The van der Waals surface area contributed by atoms with E-state index in [1.165, 1.54) is 11.8 Å². The monoisotopic (exact) mass is 372 g/mol. The zero-order valence-corrected chi connectivity index (χ0v) is 16.1. The number of carbonyl (C=O) groups is 2. The van der Waals surface area contributed by atoms with Gasteiger partial charge in [-0.2, -0.15) is 0 Å². The molecule has 0 unspecified atom stereocenters. The van der Waals surface area contributed by atoms with Gasteiger partial charge in [0.25, 0.3) is 0 Å². The average molecular weight is 372 g/mol. The third-order valence-corrected chi connectivity index (χ3v) is 4.52. The van der Waals surface area contributed by atoms with Gasteiger partial charge < -0.3 is 15.4 Å². The van der Waals surface area contributed by atoms with Gasteiger partial charge >= 0.3 is 0 Å². The Morgan fingerprint density at radius 2 is 1.62 bits per heavy atom. The number of rotatable bonds is 8. The number of nitrogens with one attached hydrogen (secondary N) is 2. The van der Waals surface area contributed by atoms with E-state index in [0.29, 0.717) is 18.0 Å². The van der Waals surface area contributed by atoms with Crippen LogP contribution in [0.2, 0.25) is 0 Å². The Morgan fingerprint density at radius 3 is 2.27 bits per heavy atom. The molecule has 0 spiro atoms. The molecule has 138 valence electrons. The van der Waals surface area contributed by atoms with Crippen LogP contribution in [0.15, 0.2) is 42.5 Å². The minimum absolute atomic E-state index is 0.121. The topological polar surface area (TPSA) is 67.4 Å². The first-order valence-corrected chi connectivity index (χ1v) is 9.61. The molecule has 0 atom stereocenters. The molecule has 0 heterocycles. The van der Waals surface area contributed by atoms with Gasteiger partial charge in [0.1, 0.15) is 5.75 Å². The highest BCUT2D eigenvalue weighted by Gasteiger charge is 2.10. The van der Waals surface area contributed by atoms with Crippen LogP contribution in [0, 0.1) is 13.8 Å². The Hall–Kier alpha value is -2.47. The van der Waals surface area contributed by atoms with Gasteiger partial charge in [0.2, 0.25) is 11.8 Å². The third kappa shape index (κ3) is 6.11. The van der Waals surface area contributed by atoms with Crippen molar-refractivity contribution in [3.63, 3.8) is 0 Å². The molecule has 0 fully saturated rings. The molecule has 2 rings (SSSR count). The molecule has 26 heavy (non-hydrogen) atoms. The summed E-state index contributed by atoms with van der Waals surface area (Å²) in [7, 11) is 0. The van der Waals surface area contributed by atoms with E-state index in [0.717, 1.165) is 16.8 Å². The lowest BCUT2D eigenvalue weighted by atomic mass is 10.1. The number of ether oxygens (including phenoxy) is 1. The number of hydrogen-bond acceptors (Lipinski definition) is 4. The van der Waals surface area contributed by atoms with Crippen molar-refractivity contribution in [2.24, 2.45) is 0 Å². The maximum atomic E-state index is 12.1. The van der Waals surface area contributed by atoms with Crippen LogP contribution < -0.4 is 15.4 Å². The molecule has 0 saturated heterocycles. The third-order valence-electron chi connectivity index (χ3n) is 3.58. The molecule has 2 amide bonds. The molecule has 2 aromatic rings. The fourth-order valence-corrected chi connectivity index (χ4v) is 3.03. The van der Waals surface area contributed by atoms with E-state index in [1.54, 1.807) is 6.07 Å². The van der Waals surface area contributed by atoms with E-state index < -0.39 is 0 Å². The van der Waals surface area contributed by atoms with Crippen LogP contribution in [-0.2, 0) is 9.59 Å². The fraction of sp³-hybridized carbons (Fsp3) is 0.300. The fourth-order valence-electron chi connectivity index (χ4n) is 2.41. The van der Waals surface area contributed by atoms with Gasteiger partial charge in [0.15, 0.2) is 0 Å². The first-order chi connectivity index (χ1) is 12.5. The van der Waals surface area contributed by atoms with E-state index in [-0.39, 0.29) is 23.3 Å². The van der Waals surface area contributed by atoms with Gasteiger partial charge in [-0.25, -0.2) is 0 Å². The highest BCUT2D eigenvalue weighted by atomic mass is 32.2. The summed E-state index contributed by atoms with van der Waals surface area (Å²) in [5, 5.41) is 5.69. The standard InChI is InChI=1S/C20H24N2O3S/c1-4-25-18-8-6-5-7-17(18)22-20(24)13-26-12-19(23)21-16-10-9-14(2)11-15(16)3/h5-11H,4,12-13H2,1-3H3,(H,21,23)(H,22,24). The van der Waals surface area contributed by atoms with Crippen LogP contribution in [0.25, 0.3) is 0 Å². The van der Waals surface area contributed by atoms with Gasteiger partial charge in [0, 0.05) is 5.69 Å². The number of carbonyl (C=O) groups excluding carboxylic acids is 2. The molecular weight excluding hydrogens is 348 g/mol. The predicted octanol–water partition coefficient (Wildman–Crippen LogP) is 4.01. The molecule has 0 saturated carbocycles. The highest BCUT2D eigenvalue weighted by Crippen LogP contribution is 2.23. The molecule has 5 nitrogen and oxygen atoms in total. The van der Waals surface area contributed by atoms with E-state index in [4.69, 9.17) is 4.74 Å². The second-order valence-corrected chi connectivity index (χ2v) is 6.82. The Balaban J connectivity index is 1.78. The van der Waals surface area contributed by atoms with E-state index in [9.17, 15) is 9.59 Å². The number of anilines is 2. The van der Waals surface area contributed by atoms with Gasteiger partial charge in [0.05, 0.1) is 23.8 Å². The van der Waals surface area contributed by atoms with Crippen molar-refractivity contribution < 1.29 is 14.3 Å². The van der Waals surface area contributed by atoms with Crippen molar-refractivity contribution in [3.05, 3.63) is 53.6 Å². The second-order valence-electron chi connectivity index (χ2n) is 5.84. The van der Waals surface area contributed by atoms with Crippen molar-refractivity contribution in [3.8, 4) is 5.75 Å². The van der Waals surface area contributed by atoms with Gasteiger partial charge in [-0.1, -0.05) is 29.8 Å². The van der Waals surface area contributed by atoms with E-state index in [2.05, 4.69) is 10.6 Å². The first kappa shape index (κ1) is 19.8. The summed E-state index contributed by atoms with van der Waals surface area (Å²) in [6.45, 7) is 6.39. The number of thioether (sulfide) groups is 1. The first-order valence-electron chi connectivity index (χ1n) is 8.46. The van der Waals surface area contributed by atoms with Crippen LogP contribution in [0.3, 0.4) is 0 Å². The summed E-state index contributed by atoms with van der Waals surface area (Å²) in [6.07, 6.45) is 0. The summed E-state index contributed by atoms with van der Waals surface area (Å²) in [4.78, 5) is 24.1. The summed E-state index contributed by atoms with van der Waals surface area (Å²) >= 11 is 1.27. The van der Waals surface area contributed by atoms with Crippen LogP contribution in [0.1, 0.15) is 18.1 Å². The molecule has 6 heteroatoms. The lowest BCUT2D eigenvalue weighted by Gasteiger charge is -2.11. The summed E-state index contributed by atoms with van der Waals surface area (Å²) in [6, 6.07) is 13.2. The molecule has 0 aromatic heterocycles. The number of hydrogen-bond donors (Lipinski definition) is 2. The molecule has 0 aliphatic rings. The van der Waals surface area contributed by atoms with Crippen molar-refractivity contribution in [2.45, 2.75) is 20.8 Å². The van der Waals surface area contributed by atoms with Crippen LogP contribution in [0.5, 0.6) is 5.75 Å². The number of benzene rings is 2. The second kappa shape index (κ2) is 9.87. The maximum Gasteiger partial charge on any atom is 0.234 e. The zero-order chi connectivity index (χ0) is 18.9. The average Bonchev–Trinajstić information content (AvgIpc) is 2.59. The van der Waals surface area contributed by atoms with E-state index in [1.807, 2.05) is 57.2 Å². The van der Waals surface area contributed by atoms with Gasteiger partial charge in [-0.3, -0.25) is 9.59 Å². The zero-order valence-electron chi connectivity index (χ0n) is 15.3. The summed E-state index contributed by atoms with van der Waals surface area (Å²) in [5.41, 5.74) is 3.61. The maximum absolute atomic E-state index is 12.1. The molecular formula is C20H24N2O3S. The lowest BCUT2D eigenvalue weighted by Crippen LogP contribution is -2.19. The summed E-state index contributed by atoms with van der Waals surface area (Å²) in [5.74, 6) is 0.765. The number of aryl methyl sites for hydroxylation is 2. The lowest BCUT2D eigenvalue weighted by molar-refractivity contribution is -0.114. The highest BCUT2D eigenvalue weighted by molar-refractivity contribution is 8.00. The quantitative estimate of drug-likeness (QED) is 0.735. The Bertz CT molecular complexity index is 777. The van der Waals surface area contributed by atoms with E-state index >= 15 is 0 Å². The van der Waals surface area contributed by atoms with Crippen molar-refractivity contribution in [2.75, 3.05) is 28.7 Å². The normalized spacial score (nSPS) is 10.3. The smallest absolute Gasteiger partial charge is 0.234 e. The van der Waals surface area contributed by atoms with Crippen LogP contribution >= 0.6 is 11.8 Å². The van der Waals surface area contributed by atoms with Crippen LogP contribution in [0.4, 0.5) is 11.4 Å². The van der Waals surface area contributed by atoms with Gasteiger partial charge in [-0.15, -0.1) is 11.8 Å². The van der Waals surface area contributed by atoms with Gasteiger partial charge in [-0.05, 0) is 44.5 Å². The van der Waals surface area contributed by atoms with Crippen molar-refractivity contribution in [1.82, 2.24) is 0 Å². The number of amides is 2. The molecule has 2 aromatic carbocycles.